The lowest BCUT2D eigenvalue weighted by molar-refractivity contribution is 0.0734. The van der Waals surface area contributed by atoms with Gasteiger partial charge in [0, 0.05) is 19.6 Å². The van der Waals surface area contributed by atoms with Gasteiger partial charge >= 0.3 is 12.1 Å². The number of carbonyl (C=O) groups excluding carboxylic acids is 2. The number of hydrogen-bond donors (Lipinski definition) is 2. The van der Waals surface area contributed by atoms with Crippen LogP contribution in [0.2, 0.25) is 0 Å². The Morgan fingerprint density at radius 3 is 1.97 bits per heavy atom. The molecular formula is C28H31N3O3. The van der Waals surface area contributed by atoms with E-state index >= 15 is 0 Å². The van der Waals surface area contributed by atoms with Crippen LogP contribution in [0.1, 0.15) is 29.5 Å². The van der Waals surface area contributed by atoms with Crippen LogP contribution in [0.5, 0.6) is 0 Å². The topological polar surface area (TPSA) is 70.7 Å². The van der Waals surface area contributed by atoms with Crippen molar-refractivity contribution in [1.82, 2.24) is 15.5 Å². The second-order valence-corrected chi connectivity index (χ2v) is 8.59. The highest BCUT2D eigenvalue weighted by Gasteiger charge is 2.39. The molecule has 4 rings (SSSR count). The Kier molecular flexibility index (Phi) is 7.81. The Morgan fingerprint density at radius 1 is 0.794 bits per heavy atom. The van der Waals surface area contributed by atoms with Crippen LogP contribution in [0.3, 0.4) is 0 Å². The fourth-order valence-electron chi connectivity index (χ4n) is 4.35. The molecule has 1 aliphatic heterocycles. The molecule has 1 saturated heterocycles. The van der Waals surface area contributed by atoms with E-state index in [4.69, 9.17) is 4.74 Å². The van der Waals surface area contributed by atoms with E-state index in [-0.39, 0.29) is 18.7 Å². The van der Waals surface area contributed by atoms with E-state index in [9.17, 15) is 9.59 Å². The first-order valence-electron chi connectivity index (χ1n) is 11.8. The highest BCUT2D eigenvalue weighted by atomic mass is 16.6. The van der Waals surface area contributed by atoms with Gasteiger partial charge < -0.3 is 20.3 Å². The van der Waals surface area contributed by atoms with Gasteiger partial charge in [-0.3, -0.25) is 0 Å². The summed E-state index contributed by atoms with van der Waals surface area (Å²) < 4.78 is 5.50. The molecule has 0 unspecified atom stereocenters. The minimum atomic E-state index is -0.533. The Labute approximate surface area is 200 Å². The lowest BCUT2D eigenvalue weighted by Crippen LogP contribution is -2.56. The van der Waals surface area contributed by atoms with Crippen LogP contribution in [0.15, 0.2) is 91.0 Å². The summed E-state index contributed by atoms with van der Waals surface area (Å²) in [6.45, 7) is 1.82. The predicted octanol–water partition coefficient (Wildman–Crippen LogP) is 4.86. The number of likely N-dealkylation sites (tertiary alicyclic amines) is 1. The zero-order valence-corrected chi connectivity index (χ0v) is 19.3. The van der Waals surface area contributed by atoms with Crippen LogP contribution < -0.4 is 10.6 Å². The van der Waals surface area contributed by atoms with Crippen molar-refractivity contribution in [1.29, 1.82) is 0 Å². The summed E-state index contributed by atoms with van der Waals surface area (Å²) >= 11 is 0. The van der Waals surface area contributed by atoms with Crippen LogP contribution in [0, 0.1) is 0 Å². The largest absolute Gasteiger partial charge is 0.445 e. The molecule has 6 heteroatoms. The third kappa shape index (κ3) is 6.16. The number of hydrogen-bond acceptors (Lipinski definition) is 3. The molecule has 3 aromatic carbocycles. The van der Waals surface area contributed by atoms with Gasteiger partial charge in [-0.2, -0.15) is 0 Å². The Morgan fingerprint density at radius 2 is 1.35 bits per heavy atom. The van der Waals surface area contributed by atoms with Gasteiger partial charge in [0.1, 0.15) is 6.61 Å². The molecule has 0 atom stereocenters. The maximum absolute atomic E-state index is 12.8. The van der Waals surface area contributed by atoms with Gasteiger partial charge in [0.15, 0.2) is 0 Å². The van der Waals surface area contributed by atoms with Crippen molar-refractivity contribution in [3.8, 4) is 0 Å². The maximum atomic E-state index is 12.8. The molecule has 3 aromatic rings. The predicted molar refractivity (Wildman–Crippen MR) is 132 cm³/mol. The van der Waals surface area contributed by atoms with Crippen molar-refractivity contribution >= 4 is 12.1 Å². The van der Waals surface area contributed by atoms with Crippen LogP contribution >= 0.6 is 0 Å². The van der Waals surface area contributed by atoms with Crippen molar-refractivity contribution in [2.75, 3.05) is 19.6 Å². The number of nitrogens with zero attached hydrogens (tertiary/aromatic N) is 1. The van der Waals surface area contributed by atoms with E-state index in [1.165, 1.54) is 5.56 Å². The van der Waals surface area contributed by atoms with Crippen molar-refractivity contribution in [2.45, 2.75) is 31.4 Å². The van der Waals surface area contributed by atoms with Crippen LogP contribution in [0.25, 0.3) is 0 Å². The minimum Gasteiger partial charge on any atom is -0.445 e. The van der Waals surface area contributed by atoms with E-state index in [1.807, 2.05) is 78.9 Å². The van der Waals surface area contributed by atoms with Gasteiger partial charge in [-0.25, -0.2) is 9.59 Å². The Hall–Kier alpha value is -3.80. The summed E-state index contributed by atoms with van der Waals surface area (Å²) in [6.07, 6.45) is 1.68. The second-order valence-electron chi connectivity index (χ2n) is 8.59. The van der Waals surface area contributed by atoms with Gasteiger partial charge in [0.25, 0.3) is 0 Å². The molecule has 0 radical (unpaired) electrons. The van der Waals surface area contributed by atoms with Crippen molar-refractivity contribution in [2.24, 2.45) is 0 Å². The van der Waals surface area contributed by atoms with Crippen molar-refractivity contribution < 1.29 is 14.3 Å². The third-order valence-electron chi connectivity index (χ3n) is 6.30. The molecule has 3 amide bonds. The highest BCUT2D eigenvalue weighted by Crippen LogP contribution is 2.33. The van der Waals surface area contributed by atoms with Crippen molar-refractivity contribution in [3.05, 3.63) is 108 Å². The number of rotatable bonds is 7. The molecule has 0 bridgehead atoms. The molecule has 1 fully saturated rings. The average Bonchev–Trinajstić information content (AvgIpc) is 2.89. The van der Waals surface area contributed by atoms with Crippen LogP contribution in [-0.4, -0.2) is 36.7 Å². The molecule has 0 saturated carbocycles. The lowest BCUT2D eigenvalue weighted by Gasteiger charge is -2.42. The number of nitrogens with one attached hydrogen (secondary N) is 2. The first-order valence-corrected chi connectivity index (χ1v) is 11.8. The molecule has 0 aliphatic carbocycles. The summed E-state index contributed by atoms with van der Waals surface area (Å²) in [5.74, 6) is 0. The SMILES string of the molecule is O=C(NCCc1ccccc1)NC1(c2ccccc2)CCN(C(=O)OCc2ccccc2)CC1. The molecule has 34 heavy (non-hydrogen) atoms. The summed E-state index contributed by atoms with van der Waals surface area (Å²) in [4.78, 5) is 27.2. The molecule has 0 spiro atoms. The number of ether oxygens (including phenoxy) is 1. The van der Waals surface area contributed by atoms with E-state index < -0.39 is 5.54 Å². The van der Waals surface area contributed by atoms with E-state index in [2.05, 4.69) is 22.8 Å². The average molecular weight is 458 g/mol. The van der Waals surface area contributed by atoms with Gasteiger partial charge in [-0.05, 0) is 36.0 Å². The minimum absolute atomic E-state index is 0.195. The summed E-state index contributed by atoms with van der Waals surface area (Å²) in [5.41, 5.74) is 2.66. The number of carbonyl (C=O) groups is 2. The third-order valence-corrected chi connectivity index (χ3v) is 6.30. The van der Waals surface area contributed by atoms with Gasteiger partial charge in [0.2, 0.25) is 0 Å². The molecule has 6 nitrogen and oxygen atoms in total. The van der Waals surface area contributed by atoms with Gasteiger partial charge in [-0.1, -0.05) is 91.0 Å². The van der Waals surface area contributed by atoms with Gasteiger partial charge in [-0.15, -0.1) is 0 Å². The van der Waals surface area contributed by atoms with Crippen LogP contribution in [0.4, 0.5) is 9.59 Å². The standard InChI is InChI=1S/C28H31N3O3/c32-26(29-19-16-23-10-4-1-5-11-23)30-28(25-14-8-3-9-15-25)17-20-31(21-18-28)27(33)34-22-24-12-6-2-7-13-24/h1-15H,16-22H2,(H2,29,30,32). The number of urea groups is 1. The van der Waals surface area contributed by atoms with Gasteiger partial charge in [0.05, 0.1) is 5.54 Å². The summed E-state index contributed by atoms with van der Waals surface area (Å²) in [5, 5.41) is 6.21. The van der Waals surface area contributed by atoms with Crippen LogP contribution in [-0.2, 0) is 23.3 Å². The molecule has 0 aromatic heterocycles. The first kappa shape index (κ1) is 23.4. The molecule has 176 valence electrons. The maximum Gasteiger partial charge on any atom is 0.410 e. The lowest BCUT2D eigenvalue weighted by atomic mass is 9.81. The summed E-state index contributed by atoms with van der Waals surface area (Å²) in [6, 6.07) is 29.5. The molecule has 1 heterocycles. The fourth-order valence-corrected chi connectivity index (χ4v) is 4.35. The fraction of sp³-hybridized carbons (Fsp3) is 0.286. The second kappa shape index (κ2) is 11.4. The Balaban J connectivity index is 1.34. The van der Waals surface area contributed by atoms with E-state index in [0.29, 0.717) is 32.5 Å². The Bertz CT molecular complexity index is 1050. The smallest absolute Gasteiger partial charge is 0.410 e. The number of benzene rings is 3. The monoisotopic (exact) mass is 457 g/mol. The van der Waals surface area contributed by atoms with E-state index in [1.54, 1.807) is 4.90 Å². The van der Waals surface area contributed by atoms with Crippen molar-refractivity contribution in [3.63, 3.8) is 0 Å². The number of amides is 3. The molecule has 1 aliphatic rings. The molecular weight excluding hydrogens is 426 g/mol. The summed E-state index contributed by atoms with van der Waals surface area (Å²) in [7, 11) is 0. The molecule has 2 N–H and O–H groups in total. The van der Waals surface area contributed by atoms with E-state index in [0.717, 1.165) is 17.5 Å². The quantitative estimate of drug-likeness (QED) is 0.533. The first-order chi connectivity index (χ1) is 16.6. The number of piperidine rings is 1. The zero-order chi connectivity index (χ0) is 23.6. The zero-order valence-electron chi connectivity index (χ0n) is 19.3. The highest BCUT2D eigenvalue weighted by molar-refractivity contribution is 5.75. The normalized spacial score (nSPS) is 14.8.